The number of nitrogens with one attached hydrogen (secondary N) is 2. The highest BCUT2D eigenvalue weighted by atomic mass is 19.4. The van der Waals surface area contributed by atoms with E-state index >= 15 is 0 Å². The van der Waals surface area contributed by atoms with E-state index in [9.17, 15) is 18.0 Å². The second kappa shape index (κ2) is 5.18. The summed E-state index contributed by atoms with van der Waals surface area (Å²) in [6.07, 6.45) is -3.27. The van der Waals surface area contributed by atoms with E-state index in [1.165, 1.54) is 18.2 Å². The van der Waals surface area contributed by atoms with E-state index in [4.69, 9.17) is 0 Å². The normalized spacial score (nSPS) is 12.3. The Morgan fingerprint density at radius 3 is 2.50 bits per heavy atom. The number of hydrogen-bond acceptors (Lipinski definition) is 2. The molecule has 112 valence electrons. The van der Waals surface area contributed by atoms with Gasteiger partial charge >= 0.3 is 11.9 Å². The number of hydrogen-bond donors (Lipinski definition) is 2. The number of H-pyrrole nitrogens is 2. The Kier molecular flexibility index (Phi) is 3.32. The Labute approximate surface area is 122 Å². The number of rotatable bonds is 2. The summed E-state index contributed by atoms with van der Waals surface area (Å²) in [4.78, 5) is 20.4. The molecule has 4 nitrogen and oxygen atoms in total. The smallest absolute Gasteiger partial charge is 0.306 e. The minimum Gasteiger partial charge on any atom is -0.306 e. The van der Waals surface area contributed by atoms with Crippen LogP contribution in [0.3, 0.4) is 0 Å². The molecule has 2 N–H and O–H groups in total. The van der Waals surface area contributed by atoms with E-state index in [0.717, 1.165) is 12.3 Å². The molecule has 0 unspecified atom stereocenters. The van der Waals surface area contributed by atoms with Crippen molar-refractivity contribution in [2.24, 2.45) is 4.99 Å². The van der Waals surface area contributed by atoms with Crippen molar-refractivity contribution < 1.29 is 13.2 Å². The summed E-state index contributed by atoms with van der Waals surface area (Å²) in [6.45, 7) is 0. The summed E-state index contributed by atoms with van der Waals surface area (Å²) < 4.78 is 38.6. The molecule has 0 spiro atoms. The first kappa shape index (κ1) is 14.1. The van der Waals surface area contributed by atoms with Crippen LogP contribution < -0.4 is 5.69 Å². The zero-order valence-electron chi connectivity index (χ0n) is 11.1. The number of fused-ring (bicyclic) bond motifs is 1. The van der Waals surface area contributed by atoms with Gasteiger partial charge in [0.2, 0.25) is 0 Å². The van der Waals surface area contributed by atoms with Crippen LogP contribution in [0.1, 0.15) is 11.1 Å². The van der Waals surface area contributed by atoms with Gasteiger partial charge in [-0.05, 0) is 24.3 Å². The van der Waals surface area contributed by atoms with Crippen molar-refractivity contribution in [3.63, 3.8) is 0 Å². The van der Waals surface area contributed by atoms with Gasteiger partial charge in [0.25, 0.3) is 0 Å². The SMILES string of the molecule is O=c1[nH]c2ccc(N=Cc3ccccc3C(F)(F)F)cc2[nH]1. The maximum atomic E-state index is 12.9. The molecule has 0 aliphatic heterocycles. The molecule has 1 heterocycles. The average molecular weight is 305 g/mol. The lowest BCUT2D eigenvalue weighted by Gasteiger charge is -2.09. The van der Waals surface area contributed by atoms with Gasteiger partial charge in [0.1, 0.15) is 0 Å². The second-order valence-electron chi connectivity index (χ2n) is 4.65. The Morgan fingerprint density at radius 1 is 1.00 bits per heavy atom. The molecule has 0 atom stereocenters. The van der Waals surface area contributed by atoms with Crippen molar-refractivity contribution in [3.8, 4) is 0 Å². The van der Waals surface area contributed by atoms with Crippen molar-refractivity contribution in [1.82, 2.24) is 9.97 Å². The molecule has 0 fully saturated rings. The first-order valence-electron chi connectivity index (χ1n) is 6.36. The molecule has 0 saturated heterocycles. The van der Waals surface area contributed by atoms with Gasteiger partial charge in [-0.2, -0.15) is 13.2 Å². The van der Waals surface area contributed by atoms with Crippen LogP contribution in [0.5, 0.6) is 0 Å². The molecule has 7 heteroatoms. The molecule has 0 saturated carbocycles. The molecule has 0 bridgehead atoms. The van der Waals surface area contributed by atoms with Gasteiger partial charge in [-0.15, -0.1) is 0 Å². The molecular formula is C15H10F3N3O. The topological polar surface area (TPSA) is 61.0 Å². The Bertz CT molecular complexity index is 906. The van der Waals surface area contributed by atoms with Gasteiger partial charge < -0.3 is 9.97 Å². The van der Waals surface area contributed by atoms with E-state index in [1.54, 1.807) is 18.2 Å². The van der Waals surface area contributed by atoms with Crippen LogP contribution in [0.4, 0.5) is 18.9 Å². The molecule has 22 heavy (non-hydrogen) atoms. The number of aromatic amines is 2. The van der Waals surface area contributed by atoms with Crippen LogP contribution in [0.2, 0.25) is 0 Å². The van der Waals surface area contributed by atoms with E-state index in [-0.39, 0.29) is 11.3 Å². The average Bonchev–Trinajstić information content (AvgIpc) is 2.83. The maximum absolute atomic E-state index is 12.9. The molecule has 0 amide bonds. The summed E-state index contributed by atoms with van der Waals surface area (Å²) >= 11 is 0. The highest BCUT2D eigenvalue weighted by Gasteiger charge is 2.32. The number of aromatic nitrogens is 2. The predicted octanol–water partition coefficient (Wildman–Crippen LogP) is 3.63. The monoisotopic (exact) mass is 305 g/mol. The molecule has 0 radical (unpaired) electrons. The molecule has 0 aliphatic rings. The van der Waals surface area contributed by atoms with Gasteiger partial charge in [-0.25, -0.2) is 4.79 Å². The van der Waals surface area contributed by atoms with E-state index in [0.29, 0.717) is 16.7 Å². The Morgan fingerprint density at radius 2 is 1.73 bits per heavy atom. The lowest BCUT2D eigenvalue weighted by molar-refractivity contribution is -0.137. The molecule has 0 aliphatic carbocycles. The van der Waals surface area contributed by atoms with Crippen molar-refractivity contribution in [3.05, 3.63) is 64.1 Å². The van der Waals surface area contributed by atoms with Crippen LogP contribution >= 0.6 is 0 Å². The van der Waals surface area contributed by atoms with E-state index in [1.807, 2.05) is 0 Å². The van der Waals surface area contributed by atoms with Crippen LogP contribution in [0.25, 0.3) is 11.0 Å². The van der Waals surface area contributed by atoms with Crippen LogP contribution in [-0.2, 0) is 6.18 Å². The second-order valence-corrected chi connectivity index (χ2v) is 4.65. The largest absolute Gasteiger partial charge is 0.417 e. The maximum Gasteiger partial charge on any atom is 0.417 e. The standard InChI is InChI=1S/C15H10F3N3O/c16-15(17,18)11-4-2-1-3-9(11)8-19-10-5-6-12-13(7-10)21-14(22)20-12/h1-8H,(H2,20,21,22). The summed E-state index contributed by atoms with van der Waals surface area (Å²) in [5.74, 6) is 0. The number of benzene rings is 2. The minimum atomic E-state index is -4.43. The van der Waals surface area contributed by atoms with E-state index in [2.05, 4.69) is 15.0 Å². The van der Waals surface area contributed by atoms with E-state index < -0.39 is 11.7 Å². The zero-order valence-corrected chi connectivity index (χ0v) is 11.1. The van der Waals surface area contributed by atoms with Crippen LogP contribution in [0.15, 0.2) is 52.3 Å². The molecule has 3 aromatic rings. The summed E-state index contributed by atoms with van der Waals surface area (Å²) in [5.41, 5.74) is 0.495. The lowest BCUT2D eigenvalue weighted by Crippen LogP contribution is -2.08. The third-order valence-corrected chi connectivity index (χ3v) is 3.12. The first-order chi connectivity index (χ1) is 10.4. The van der Waals surface area contributed by atoms with Crippen LogP contribution in [-0.4, -0.2) is 16.2 Å². The van der Waals surface area contributed by atoms with Crippen LogP contribution in [0, 0.1) is 0 Å². The fraction of sp³-hybridized carbons (Fsp3) is 0.0667. The minimum absolute atomic E-state index is 0.0161. The lowest BCUT2D eigenvalue weighted by atomic mass is 10.1. The fourth-order valence-electron chi connectivity index (χ4n) is 2.11. The summed E-state index contributed by atoms with van der Waals surface area (Å²) in [5, 5.41) is 0. The quantitative estimate of drug-likeness (QED) is 0.698. The van der Waals surface area contributed by atoms with Crippen molar-refractivity contribution >= 4 is 22.9 Å². The molecule has 1 aromatic heterocycles. The molecular weight excluding hydrogens is 295 g/mol. The number of imidazole rings is 1. The first-order valence-corrected chi connectivity index (χ1v) is 6.36. The number of halogens is 3. The van der Waals surface area contributed by atoms with Crippen molar-refractivity contribution in [2.45, 2.75) is 6.18 Å². The fourth-order valence-corrected chi connectivity index (χ4v) is 2.11. The Balaban J connectivity index is 1.98. The van der Waals surface area contributed by atoms with Crippen molar-refractivity contribution in [1.29, 1.82) is 0 Å². The third-order valence-electron chi connectivity index (χ3n) is 3.12. The van der Waals surface area contributed by atoms with Gasteiger partial charge in [-0.1, -0.05) is 18.2 Å². The number of nitrogens with zero attached hydrogens (tertiary/aromatic N) is 1. The number of aliphatic imine (C=N–C) groups is 1. The van der Waals surface area contributed by atoms with Gasteiger partial charge in [0, 0.05) is 11.8 Å². The molecule has 3 rings (SSSR count). The third kappa shape index (κ3) is 2.78. The highest BCUT2D eigenvalue weighted by Crippen LogP contribution is 2.31. The highest BCUT2D eigenvalue weighted by molar-refractivity contribution is 5.86. The Hall–Kier alpha value is -2.83. The zero-order chi connectivity index (χ0) is 15.7. The van der Waals surface area contributed by atoms with Gasteiger partial charge in [0.05, 0.1) is 22.3 Å². The molecule has 2 aromatic carbocycles. The number of alkyl halides is 3. The predicted molar refractivity (Wildman–Crippen MR) is 77.6 cm³/mol. The summed E-state index contributed by atoms with van der Waals surface area (Å²) in [6, 6.07) is 10.0. The van der Waals surface area contributed by atoms with Gasteiger partial charge in [0.15, 0.2) is 0 Å². The van der Waals surface area contributed by atoms with Crippen molar-refractivity contribution in [2.75, 3.05) is 0 Å². The van der Waals surface area contributed by atoms with Gasteiger partial charge in [-0.3, -0.25) is 4.99 Å². The summed E-state index contributed by atoms with van der Waals surface area (Å²) in [7, 11) is 0.